The van der Waals surface area contributed by atoms with Crippen LogP contribution in [0, 0.1) is 0 Å². The number of likely N-dealkylation sites (tertiary alicyclic amines) is 2. The highest BCUT2D eigenvalue weighted by Gasteiger charge is 2.10. The topological polar surface area (TPSA) is 30.5 Å². The lowest BCUT2D eigenvalue weighted by Crippen LogP contribution is -2.39. The minimum absolute atomic E-state index is 1.07. The van der Waals surface area contributed by atoms with E-state index in [0.717, 1.165) is 13.1 Å². The van der Waals surface area contributed by atoms with Gasteiger partial charge < -0.3 is 9.80 Å². The summed E-state index contributed by atoms with van der Waals surface area (Å²) in [4.78, 5) is 5.12. The van der Waals surface area contributed by atoms with Gasteiger partial charge in [-0.15, -0.1) is 0 Å². The van der Waals surface area contributed by atoms with Gasteiger partial charge in [-0.3, -0.25) is 10.9 Å². The highest BCUT2D eigenvalue weighted by atomic mass is 15.4. The van der Waals surface area contributed by atoms with Crippen molar-refractivity contribution in [1.82, 2.24) is 20.7 Å². The molecule has 0 spiro atoms. The molecule has 0 aromatic heterocycles. The molecule has 2 fully saturated rings. The lowest BCUT2D eigenvalue weighted by atomic mass is 10.4. The van der Waals surface area contributed by atoms with Crippen molar-refractivity contribution < 1.29 is 0 Å². The molecular weight excluding hydrogens is 212 g/mol. The van der Waals surface area contributed by atoms with Gasteiger partial charge in [0.25, 0.3) is 0 Å². The van der Waals surface area contributed by atoms with Crippen LogP contribution in [0.15, 0.2) is 0 Å². The summed E-state index contributed by atoms with van der Waals surface area (Å²) in [6.45, 7) is 9.87. The van der Waals surface area contributed by atoms with Gasteiger partial charge in [0.1, 0.15) is 0 Å². The second-order valence-corrected chi connectivity index (χ2v) is 5.30. The highest BCUT2D eigenvalue weighted by Crippen LogP contribution is 2.07. The van der Waals surface area contributed by atoms with Crippen molar-refractivity contribution in [2.45, 2.75) is 32.1 Å². The second kappa shape index (κ2) is 8.03. The van der Waals surface area contributed by atoms with Crippen LogP contribution in [0.4, 0.5) is 0 Å². The summed E-state index contributed by atoms with van der Waals surface area (Å²) in [7, 11) is 0. The molecule has 2 N–H and O–H groups in total. The Bertz CT molecular complexity index is 166. The first-order valence-corrected chi connectivity index (χ1v) is 7.35. The summed E-state index contributed by atoms with van der Waals surface area (Å²) >= 11 is 0. The molecule has 0 unspecified atom stereocenters. The van der Waals surface area contributed by atoms with E-state index in [1.54, 1.807) is 0 Å². The molecule has 0 radical (unpaired) electrons. The van der Waals surface area contributed by atoms with E-state index in [1.807, 2.05) is 0 Å². The van der Waals surface area contributed by atoms with Gasteiger partial charge in [0.05, 0.1) is 0 Å². The van der Waals surface area contributed by atoms with Gasteiger partial charge in [0.2, 0.25) is 0 Å². The maximum Gasteiger partial charge on any atom is 0.0228 e. The SMILES string of the molecule is C1CCN(CCCNNCCN2CCCC2)C1. The van der Waals surface area contributed by atoms with Crippen LogP contribution >= 0.6 is 0 Å². The van der Waals surface area contributed by atoms with Gasteiger partial charge in [-0.25, -0.2) is 0 Å². The summed E-state index contributed by atoms with van der Waals surface area (Å²) < 4.78 is 0. The molecule has 2 aliphatic heterocycles. The van der Waals surface area contributed by atoms with Crippen molar-refractivity contribution in [3.63, 3.8) is 0 Å². The molecular formula is C13H28N4. The first kappa shape index (κ1) is 13.3. The van der Waals surface area contributed by atoms with Crippen molar-refractivity contribution in [1.29, 1.82) is 0 Å². The third kappa shape index (κ3) is 5.34. The van der Waals surface area contributed by atoms with Crippen molar-refractivity contribution in [3.8, 4) is 0 Å². The molecule has 4 nitrogen and oxygen atoms in total. The number of nitrogens with zero attached hydrogens (tertiary/aromatic N) is 2. The summed E-state index contributed by atoms with van der Waals surface area (Å²) in [5.74, 6) is 0. The van der Waals surface area contributed by atoms with Gasteiger partial charge in [-0.1, -0.05) is 0 Å². The van der Waals surface area contributed by atoms with E-state index in [4.69, 9.17) is 0 Å². The summed E-state index contributed by atoms with van der Waals surface area (Å²) in [6, 6.07) is 0. The van der Waals surface area contributed by atoms with E-state index in [9.17, 15) is 0 Å². The van der Waals surface area contributed by atoms with Gasteiger partial charge in [0.15, 0.2) is 0 Å². The average molecular weight is 240 g/mol. The Balaban J connectivity index is 1.33. The molecule has 0 bridgehead atoms. The van der Waals surface area contributed by atoms with Crippen molar-refractivity contribution in [2.24, 2.45) is 0 Å². The Morgan fingerprint density at radius 2 is 1.18 bits per heavy atom. The molecule has 100 valence electrons. The van der Waals surface area contributed by atoms with Gasteiger partial charge in [-0.05, 0) is 64.8 Å². The average Bonchev–Trinajstić information content (AvgIpc) is 3.00. The van der Waals surface area contributed by atoms with E-state index in [2.05, 4.69) is 20.7 Å². The molecule has 2 aliphatic rings. The zero-order chi connectivity index (χ0) is 11.8. The molecule has 0 saturated carbocycles. The molecule has 17 heavy (non-hydrogen) atoms. The van der Waals surface area contributed by atoms with E-state index >= 15 is 0 Å². The Labute approximate surface area is 106 Å². The fraction of sp³-hybridized carbons (Fsp3) is 1.00. The molecule has 2 rings (SSSR count). The molecule has 4 heteroatoms. The molecule has 0 aromatic carbocycles. The standard InChI is InChI=1S/C13H28N4/c1-2-9-16(8-1)12-5-6-14-15-7-13-17-10-3-4-11-17/h14-15H,1-13H2. The smallest absolute Gasteiger partial charge is 0.0228 e. The van der Waals surface area contributed by atoms with E-state index in [0.29, 0.717) is 0 Å². The largest absolute Gasteiger partial charge is 0.303 e. The predicted molar refractivity (Wildman–Crippen MR) is 72.0 cm³/mol. The van der Waals surface area contributed by atoms with E-state index < -0.39 is 0 Å². The van der Waals surface area contributed by atoms with Gasteiger partial charge in [-0.2, -0.15) is 0 Å². The fourth-order valence-electron chi connectivity index (χ4n) is 2.79. The molecule has 2 saturated heterocycles. The van der Waals surface area contributed by atoms with Crippen LogP contribution in [0.3, 0.4) is 0 Å². The predicted octanol–water partition coefficient (Wildman–Crippen LogP) is 0.662. The van der Waals surface area contributed by atoms with Crippen LogP contribution in [0.25, 0.3) is 0 Å². The zero-order valence-electron chi connectivity index (χ0n) is 11.1. The first-order chi connectivity index (χ1) is 8.45. The minimum atomic E-state index is 1.07. The summed E-state index contributed by atoms with van der Waals surface area (Å²) in [6.07, 6.45) is 6.85. The fourth-order valence-corrected chi connectivity index (χ4v) is 2.79. The maximum atomic E-state index is 3.33. The molecule has 0 aromatic rings. The number of hydrogen-bond acceptors (Lipinski definition) is 4. The normalized spacial score (nSPS) is 22.6. The third-order valence-corrected chi connectivity index (χ3v) is 3.85. The van der Waals surface area contributed by atoms with Crippen molar-refractivity contribution in [3.05, 3.63) is 0 Å². The lowest BCUT2D eigenvalue weighted by Gasteiger charge is -2.16. The summed E-state index contributed by atoms with van der Waals surface area (Å²) in [5, 5.41) is 0. The highest BCUT2D eigenvalue weighted by molar-refractivity contribution is 4.67. The molecule has 0 atom stereocenters. The van der Waals surface area contributed by atoms with Crippen LogP contribution in [0.2, 0.25) is 0 Å². The molecule has 2 heterocycles. The monoisotopic (exact) mass is 240 g/mol. The number of hydrazine groups is 1. The van der Waals surface area contributed by atoms with Crippen molar-refractivity contribution in [2.75, 3.05) is 52.4 Å². The molecule has 0 amide bonds. The van der Waals surface area contributed by atoms with Crippen LogP contribution in [-0.4, -0.2) is 62.2 Å². The van der Waals surface area contributed by atoms with Crippen molar-refractivity contribution >= 4 is 0 Å². The Kier molecular flexibility index (Phi) is 6.27. The number of nitrogens with one attached hydrogen (secondary N) is 2. The Morgan fingerprint density at radius 1 is 0.647 bits per heavy atom. The van der Waals surface area contributed by atoms with E-state index in [-0.39, 0.29) is 0 Å². The van der Waals surface area contributed by atoms with Gasteiger partial charge in [0, 0.05) is 19.6 Å². The molecule has 0 aliphatic carbocycles. The first-order valence-electron chi connectivity index (χ1n) is 7.35. The minimum Gasteiger partial charge on any atom is -0.303 e. The quantitative estimate of drug-likeness (QED) is 0.482. The Morgan fingerprint density at radius 3 is 1.82 bits per heavy atom. The van der Waals surface area contributed by atoms with E-state index in [1.165, 1.54) is 71.4 Å². The number of hydrogen-bond donors (Lipinski definition) is 2. The summed E-state index contributed by atoms with van der Waals surface area (Å²) in [5.41, 5.74) is 6.66. The van der Waals surface area contributed by atoms with Crippen LogP contribution in [0.1, 0.15) is 32.1 Å². The lowest BCUT2D eigenvalue weighted by molar-refractivity contribution is 0.313. The maximum absolute atomic E-state index is 3.33. The zero-order valence-corrected chi connectivity index (χ0v) is 11.1. The third-order valence-electron chi connectivity index (χ3n) is 3.85. The Hall–Kier alpha value is -0.160. The number of rotatable bonds is 8. The van der Waals surface area contributed by atoms with Crippen LogP contribution in [0.5, 0.6) is 0 Å². The van der Waals surface area contributed by atoms with Crippen LogP contribution < -0.4 is 10.9 Å². The van der Waals surface area contributed by atoms with Crippen LogP contribution in [-0.2, 0) is 0 Å². The second-order valence-electron chi connectivity index (χ2n) is 5.30. The van der Waals surface area contributed by atoms with Gasteiger partial charge >= 0.3 is 0 Å².